The Morgan fingerprint density at radius 1 is 0.840 bits per heavy atom. The van der Waals surface area contributed by atoms with Gasteiger partial charge >= 0.3 is 0 Å². The van der Waals surface area contributed by atoms with Gasteiger partial charge in [0, 0.05) is 18.8 Å². The number of rotatable bonds is 16. The maximum atomic E-state index is 5.38. The summed E-state index contributed by atoms with van der Waals surface area (Å²) in [5, 5.41) is 0. The maximum absolute atomic E-state index is 5.38. The molecule has 1 aromatic carbocycles. The molecule has 0 saturated heterocycles. The Morgan fingerprint density at radius 3 is 2.08 bits per heavy atom. The van der Waals surface area contributed by atoms with Crippen molar-refractivity contribution in [2.24, 2.45) is 0 Å². The molecule has 2 heteroatoms. The summed E-state index contributed by atoms with van der Waals surface area (Å²) in [6.07, 6.45) is 18.8. The molecular formula is C23H36OS. The van der Waals surface area contributed by atoms with Gasteiger partial charge in [0.05, 0.1) is 0 Å². The van der Waals surface area contributed by atoms with Crippen LogP contribution in [0.5, 0.6) is 0 Å². The maximum Gasteiger partial charge on any atom is 0.0473 e. The molecule has 0 N–H and O–H groups in total. The lowest BCUT2D eigenvalue weighted by molar-refractivity contribution is 0.149. The van der Waals surface area contributed by atoms with E-state index in [4.69, 9.17) is 11.2 Å². The second kappa shape index (κ2) is 16.6. The second-order valence-electron chi connectivity index (χ2n) is 6.58. The number of terminal acetylenes is 1. The predicted octanol–water partition coefficient (Wildman–Crippen LogP) is 6.49. The number of thioether (sulfide) groups is 1. The molecule has 0 aromatic heterocycles. The van der Waals surface area contributed by atoms with Crippen LogP contribution in [0.25, 0.3) is 0 Å². The first kappa shape index (κ1) is 22.1. The fourth-order valence-corrected chi connectivity index (χ4v) is 3.81. The number of hydrogen-bond donors (Lipinski definition) is 0. The standard InChI is InChI=1S/C23H36OS/c1-3-22-15-17-23(18-16-22)14-11-9-7-5-6-8-10-12-20-25-21-13-19-24-4-2/h1,15-18H,4-14,19-21H2,2H3. The van der Waals surface area contributed by atoms with Crippen LogP contribution in [0.2, 0.25) is 0 Å². The molecule has 1 aromatic rings. The average molecular weight is 361 g/mol. The summed E-state index contributed by atoms with van der Waals surface area (Å²) in [6, 6.07) is 8.44. The van der Waals surface area contributed by atoms with Gasteiger partial charge in [-0.1, -0.05) is 56.6 Å². The van der Waals surface area contributed by atoms with Gasteiger partial charge in [-0.3, -0.25) is 0 Å². The van der Waals surface area contributed by atoms with E-state index in [-0.39, 0.29) is 0 Å². The molecule has 0 fully saturated rings. The summed E-state index contributed by atoms with van der Waals surface area (Å²) in [7, 11) is 0. The molecule has 0 bridgehead atoms. The van der Waals surface area contributed by atoms with Crippen LogP contribution in [-0.4, -0.2) is 24.7 Å². The molecule has 25 heavy (non-hydrogen) atoms. The SMILES string of the molecule is C#Cc1ccc(CCCCCCCCCCSCCCOCC)cc1. The van der Waals surface area contributed by atoms with Gasteiger partial charge in [-0.25, -0.2) is 0 Å². The van der Waals surface area contributed by atoms with Gasteiger partial charge in [-0.2, -0.15) is 11.8 Å². The number of ether oxygens (including phenoxy) is 1. The van der Waals surface area contributed by atoms with Gasteiger partial charge in [0.25, 0.3) is 0 Å². The van der Waals surface area contributed by atoms with Crippen LogP contribution in [0, 0.1) is 12.3 Å². The van der Waals surface area contributed by atoms with E-state index in [1.54, 1.807) is 0 Å². The Morgan fingerprint density at radius 2 is 1.44 bits per heavy atom. The van der Waals surface area contributed by atoms with Crippen molar-refractivity contribution in [1.82, 2.24) is 0 Å². The quantitative estimate of drug-likeness (QED) is 0.246. The highest BCUT2D eigenvalue weighted by atomic mass is 32.2. The smallest absolute Gasteiger partial charge is 0.0473 e. The summed E-state index contributed by atoms with van der Waals surface area (Å²) in [5.74, 6) is 5.25. The van der Waals surface area contributed by atoms with Crippen LogP contribution in [-0.2, 0) is 11.2 Å². The molecule has 1 nitrogen and oxygen atoms in total. The summed E-state index contributed by atoms with van der Waals surface area (Å²) in [6.45, 7) is 3.84. The molecule has 0 saturated carbocycles. The van der Waals surface area contributed by atoms with E-state index in [9.17, 15) is 0 Å². The molecule has 0 aliphatic carbocycles. The van der Waals surface area contributed by atoms with Gasteiger partial charge in [0.1, 0.15) is 0 Å². The lowest BCUT2D eigenvalue weighted by atomic mass is 10.0. The first-order valence-electron chi connectivity index (χ1n) is 10.1. The van der Waals surface area contributed by atoms with E-state index < -0.39 is 0 Å². The fourth-order valence-electron chi connectivity index (χ4n) is 2.87. The van der Waals surface area contributed by atoms with Crippen molar-refractivity contribution in [3.8, 4) is 12.3 Å². The Hall–Kier alpha value is -0.910. The highest BCUT2D eigenvalue weighted by molar-refractivity contribution is 7.99. The Labute approximate surface area is 160 Å². The van der Waals surface area contributed by atoms with E-state index in [0.717, 1.165) is 18.8 Å². The Balaban J connectivity index is 1.79. The molecule has 0 spiro atoms. The highest BCUT2D eigenvalue weighted by Gasteiger charge is 1.96. The predicted molar refractivity (Wildman–Crippen MR) is 113 cm³/mol. The third-order valence-corrected chi connectivity index (χ3v) is 5.56. The van der Waals surface area contributed by atoms with E-state index in [1.807, 2.05) is 12.1 Å². The number of aryl methyl sites for hydroxylation is 1. The minimum absolute atomic E-state index is 0.851. The Bertz CT molecular complexity index is 446. The monoisotopic (exact) mass is 360 g/mol. The first-order valence-corrected chi connectivity index (χ1v) is 11.2. The largest absolute Gasteiger partial charge is 0.382 e. The van der Waals surface area contributed by atoms with Crippen molar-refractivity contribution in [3.05, 3.63) is 35.4 Å². The zero-order valence-corrected chi connectivity index (χ0v) is 16.9. The molecule has 0 unspecified atom stereocenters. The van der Waals surface area contributed by atoms with E-state index >= 15 is 0 Å². The first-order chi connectivity index (χ1) is 12.4. The van der Waals surface area contributed by atoms with Gasteiger partial charge in [-0.15, -0.1) is 6.42 Å². The van der Waals surface area contributed by atoms with Crippen LogP contribution >= 0.6 is 11.8 Å². The van der Waals surface area contributed by atoms with Crippen LogP contribution in [0.15, 0.2) is 24.3 Å². The van der Waals surface area contributed by atoms with Gasteiger partial charge < -0.3 is 4.74 Å². The lowest BCUT2D eigenvalue weighted by Crippen LogP contribution is -1.95. The molecule has 0 aliphatic heterocycles. The van der Waals surface area contributed by atoms with Crippen molar-refractivity contribution in [3.63, 3.8) is 0 Å². The van der Waals surface area contributed by atoms with Crippen molar-refractivity contribution in [1.29, 1.82) is 0 Å². The molecule has 140 valence electrons. The van der Waals surface area contributed by atoms with Crippen molar-refractivity contribution < 1.29 is 4.74 Å². The third kappa shape index (κ3) is 13.0. The molecular weight excluding hydrogens is 324 g/mol. The van der Waals surface area contributed by atoms with Gasteiger partial charge in [0.15, 0.2) is 0 Å². The van der Waals surface area contributed by atoms with Crippen molar-refractivity contribution in [2.45, 2.75) is 71.1 Å². The number of hydrogen-bond acceptors (Lipinski definition) is 2. The van der Waals surface area contributed by atoms with Crippen LogP contribution < -0.4 is 0 Å². The summed E-state index contributed by atoms with van der Waals surface area (Å²) in [4.78, 5) is 0. The molecule has 1 rings (SSSR count). The van der Waals surface area contributed by atoms with Crippen LogP contribution in [0.1, 0.15) is 75.8 Å². The minimum Gasteiger partial charge on any atom is -0.382 e. The van der Waals surface area contributed by atoms with Crippen molar-refractivity contribution in [2.75, 3.05) is 24.7 Å². The average Bonchev–Trinajstić information content (AvgIpc) is 2.65. The summed E-state index contributed by atoms with van der Waals surface area (Å²) < 4.78 is 5.35. The van der Waals surface area contributed by atoms with E-state index in [1.165, 1.54) is 81.3 Å². The number of unbranched alkanes of at least 4 members (excludes halogenated alkanes) is 7. The molecule has 0 radical (unpaired) electrons. The topological polar surface area (TPSA) is 9.23 Å². The fraction of sp³-hybridized carbons (Fsp3) is 0.652. The van der Waals surface area contributed by atoms with Crippen LogP contribution in [0.3, 0.4) is 0 Å². The second-order valence-corrected chi connectivity index (χ2v) is 7.81. The molecule has 0 atom stereocenters. The van der Waals surface area contributed by atoms with E-state index in [2.05, 4.69) is 36.7 Å². The minimum atomic E-state index is 0.851. The number of benzene rings is 1. The zero-order chi connectivity index (χ0) is 18.0. The summed E-state index contributed by atoms with van der Waals surface area (Å²) >= 11 is 2.09. The van der Waals surface area contributed by atoms with Crippen molar-refractivity contribution >= 4 is 11.8 Å². The zero-order valence-electron chi connectivity index (χ0n) is 16.1. The highest BCUT2D eigenvalue weighted by Crippen LogP contribution is 2.13. The molecule has 0 amide bonds. The normalized spacial score (nSPS) is 10.7. The summed E-state index contributed by atoms with van der Waals surface area (Å²) in [5.41, 5.74) is 2.39. The Kier molecular flexibility index (Phi) is 14.7. The molecule has 0 aliphatic rings. The molecule has 0 heterocycles. The lowest BCUT2D eigenvalue weighted by Gasteiger charge is -2.04. The third-order valence-electron chi connectivity index (χ3n) is 4.41. The van der Waals surface area contributed by atoms with E-state index in [0.29, 0.717) is 0 Å². The van der Waals surface area contributed by atoms with Crippen LogP contribution in [0.4, 0.5) is 0 Å². The van der Waals surface area contributed by atoms with Gasteiger partial charge in [-0.05, 0) is 61.8 Å². The van der Waals surface area contributed by atoms with Gasteiger partial charge in [0.2, 0.25) is 0 Å².